The number of amides is 1. The van der Waals surface area contributed by atoms with Gasteiger partial charge in [0.25, 0.3) is 5.88 Å². The summed E-state index contributed by atoms with van der Waals surface area (Å²) in [5.74, 6) is 0.674. The van der Waals surface area contributed by atoms with Gasteiger partial charge in [-0.05, 0) is 19.1 Å². The third-order valence-corrected chi connectivity index (χ3v) is 3.74. The highest BCUT2D eigenvalue weighted by Gasteiger charge is 2.15. The average Bonchev–Trinajstić information content (AvgIpc) is 2.87. The Hall–Kier alpha value is -2.78. The Bertz CT molecular complexity index is 857. The smallest absolute Gasteiger partial charge is 0.388 e. The van der Waals surface area contributed by atoms with Crippen LogP contribution in [0.3, 0.4) is 0 Å². The molecule has 1 amide bonds. The lowest BCUT2D eigenvalue weighted by Crippen LogP contribution is -2.17. The van der Waals surface area contributed by atoms with Crippen molar-refractivity contribution in [1.29, 1.82) is 0 Å². The van der Waals surface area contributed by atoms with E-state index in [1.54, 1.807) is 31.6 Å². The molecule has 10 heteroatoms. The van der Waals surface area contributed by atoms with Gasteiger partial charge in [0, 0.05) is 24.3 Å². The van der Waals surface area contributed by atoms with Gasteiger partial charge >= 0.3 is 6.09 Å². The molecular weight excluding hydrogens is 352 g/mol. The summed E-state index contributed by atoms with van der Waals surface area (Å²) in [5.41, 5.74) is 0.468. The van der Waals surface area contributed by atoms with E-state index >= 15 is 0 Å². The number of halogens is 1. The van der Waals surface area contributed by atoms with Gasteiger partial charge in [0.2, 0.25) is 0 Å². The molecule has 0 atom stereocenters. The minimum Gasteiger partial charge on any atom is -0.388 e. The number of nitrogens with zero attached hydrogens (tertiary/aromatic N) is 4. The van der Waals surface area contributed by atoms with Crippen molar-refractivity contribution in [3.05, 3.63) is 47.1 Å². The number of ether oxygens (including phenoxy) is 1. The van der Waals surface area contributed by atoms with E-state index in [0.29, 0.717) is 16.5 Å². The maximum atomic E-state index is 12.0. The lowest BCUT2D eigenvalue weighted by atomic mass is 10.4. The minimum atomic E-state index is -0.690. The maximum Gasteiger partial charge on any atom is 0.418 e. The fourth-order valence-electron chi connectivity index (χ4n) is 1.75. The van der Waals surface area contributed by atoms with Crippen LogP contribution in [-0.2, 0) is 0 Å². The van der Waals surface area contributed by atoms with E-state index < -0.39 is 6.09 Å². The highest BCUT2D eigenvalue weighted by atomic mass is 35.5. The third-order valence-electron chi connectivity index (χ3n) is 2.67. The van der Waals surface area contributed by atoms with E-state index in [9.17, 15) is 4.79 Å². The largest absolute Gasteiger partial charge is 0.418 e. The first kappa shape index (κ1) is 16.1. The van der Waals surface area contributed by atoms with Gasteiger partial charge in [-0.1, -0.05) is 22.9 Å². The van der Waals surface area contributed by atoms with Gasteiger partial charge in [-0.2, -0.15) is 0 Å². The second-order valence-corrected chi connectivity index (χ2v) is 6.06. The number of carbonyl (C=O) groups is 1. The predicted octanol–water partition coefficient (Wildman–Crippen LogP) is 3.64. The number of hydrogen-bond acceptors (Lipinski definition) is 8. The molecule has 8 nitrogen and oxygen atoms in total. The van der Waals surface area contributed by atoms with Crippen LogP contribution in [-0.4, -0.2) is 26.0 Å². The Kier molecular flexibility index (Phi) is 4.82. The van der Waals surface area contributed by atoms with Crippen LogP contribution in [0.1, 0.15) is 5.01 Å². The maximum absolute atomic E-state index is 12.0. The van der Waals surface area contributed by atoms with E-state index in [1.165, 1.54) is 23.6 Å². The van der Waals surface area contributed by atoms with Crippen LogP contribution in [0, 0.1) is 6.92 Å². The molecule has 3 heterocycles. The molecule has 0 aliphatic carbocycles. The molecule has 0 bridgehead atoms. The fraction of sp³-hybridized carbons (Fsp3) is 0.0714. The molecule has 122 valence electrons. The Labute approximate surface area is 145 Å². The molecule has 3 aromatic rings. The van der Waals surface area contributed by atoms with E-state index in [0.717, 1.165) is 5.01 Å². The molecule has 0 saturated carbocycles. The molecule has 24 heavy (non-hydrogen) atoms. The molecular formula is C14H11ClN6O2S. The number of hydrogen-bond donors (Lipinski definition) is 2. The molecule has 0 saturated heterocycles. The topological polar surface area (TPSA) is 102 Å². The van der Waals surface area contributed by atoms with Gasteiger partial charge < -0.3 is 10.1 Å². The summed E-state index contributed by atoms with van der Waals surface area (Å²) >= 11 is 7.10. The summed E-state index contributed by atoms with van der Waals surface area (Å²) in [6.07, 6.45) is 5.46. The Morgan fingerprint density at radius 2 is 2.17 bits per heavy atom. The molecule has 0 unspecified atom stereocenters. The van der Waals surface area contributed by atoms with Crippen LogP contribution >= 0.6 is 22.9 Å². The van der Waals surface area contributed by atoms with Crippen LogP contribution in [0.25, 0.3) is 0 Å². The second-order valence-electron chi connectivity index (χ2n) is 4.46. The van der Waals surface area contributed by atoms with Gasteiger partial charge in [-0.3, -0.25) is 10.3 Å². The normalized spacial score (nSPS) is 10.2. The molecule has 0 spiro atoms. The van der Waals surface area contributed by atoms with Gasteiger partial charge in [0.15, 0.2) is 5.00 Å². The van der Waals surface area contributed by atoms with Crippen LogP contribution < -0.4 is 15.4 Å². The average molecular weight is 363 g/mol. The van der Waals surface area contributed by atoms with Crippen molar-refractivity contribution in [1.82, 2.24) is 19.9 Å². The standard InChI is InChI=1S/C14H11ClN6O2S/c1-8-19-12(13(24-8)21-11-7-16-4-5-18-11)23-14(22)20-9-2-3-17-10(15)6-9/h2-7H,1H3,(H,18,21)(H,17,20,22). The molecule has 2 N–H and O–H groups in total. The monoisotopic (exact) mass is 362 g/mol. The minimum absolute atomic E-state index is 0.154. The lowest BCUT2D eigenvalue weighted by molar-refractivity contribution is 0.214. The fourth-order valence-corrected chi connectivity index (χ4v) is 2.68. The second kappa shape index (κ2) is 7.20. The zero-order valence-electron chi connectivity index (χ0n) is 12.4. The molecule has 0 fully saturated rings. The predicted molar refractivity (Wildman–Crippen MR) is 91.1 cm³/mol. The summed E-state index contributed by atoms with van der Waals surface area (Å²) < 4.78 is 5.26. The summed E-state index contributed by atoms with van der Waals surface area (Å²) in [4.78, 5) is 28.1. The molecule has 0 aliphatic heterocycles. The number of carbonyl (C=O) groups excluding carboxylic acids is 1. The lowest BCUT2D eigenvalue weighted by Gasteiger charge is -2.07. The Balaban J connectivity index is 1.71. The summed E-state index contributed by atoms with van der Waals surface area (Å²) in [5, 5.41) is 7.12. The highest BCUT2D eigenvalue weighted by Crippen LogP contribution is 2.33. The number of pyridine rings is 1. The van der Waals surface area contributed by atoms with E-state index in [2.05, 4.69) is 30.6 Å². The van der Waals surface area contributed by atoms with Gasteiger partial charge in [0.05, 0.1) is 11.2 Å². The quantitative estimate of drug-likeness (QED) is 0.683. The SMILES string of the molecule is Cc1nc(OC(=O)Nc2ccnc(Cl)c2)c(Nc2cnccn2)s1. The molecule has 3 aromatic heterocycles. The summed E-state index contributed by atoms with van der Waals surface area (Å²) in [6.45, 7) is 1.81. The van der Waals surface area contributed by atoms with Crippen LogP contribution in [0.15, 0.2) is 36.9 Å². The van der Waals surface area contributed by atoms with Crippen molar-refractivity contribution < 1.29 is 9.53 Å². The van der Waals surface area contributed by atoms with Crippen LogP contribution in [0.4, 0.5) is 21.3 Å². The third kappa shape index (κ3) is 4.15. The van der Waals surface area contributed by atoms with Crippen molar-refractivity contribution >= 4 is 45.5 Å². The van der Waals surface area contributed by atoms with Crippen molar-refractivity contribution in [2.45, 2.75) is 6.92 Å². The van der Waals surface area contributed by atoms with Crippen molar-refractivity contribution in [3.63, 3.8) is 0 Å². The van der Waals surface area contributed by atoms with Gasteiger partial charge in [0.1, 0.15) is 11.0 Å². The first-order valence-electron chi connectivity index (χ1n) is 6.71. The zero-order chi connectivity index (χ0) is 16.9. The number of anilines is 3. The molecule has 3 rings (SSSR count). The molecule has 0 aromatic carbocycles. The van der Waals surface area contributed by atoms with E-state index in [4.69, 9.17) is 16.3 Å². The molecule has 0 radical (unpaired) electrons. The number of aryl methyl sites for hydroxylation is 1. The molecule has 0 aliphatic rings. The number of aromatic nitrogens is 4. The zero-order valence-corrected chi connectivity index (χ0v) is 13.9. The first-order valence-corrected chi connectivity index (χ1v) is 7.90. The van der Waals surface area contributed by atoms with Crippen LogP contribution in [0.2, 0.25) is 5.15 Å². The highest BCUT2D eigenvalue weighted by molar-refractivity contribution is 7.16. The Morgan fingerprint density at radius 3 is 2.92 bits per heavy atom. The summed E-state index contributed by atoms with van der Waals surface area (Å²) in [6, 6.07) is 3.10. The van der Waals surface area contributed by atoms with Crippen molar-refractivity contribution in [2.75, 3.05) is 10.6 Å². The van der Waals surface area contributed by atoms with Crippen molar-refractivity contribution in [3.8, 4) is 5.88 Å². The summed E-state index contributed by atoms with van der Waals surface area (Å²) in [7, 11) is 0. The van der Waals surface area contributed by atoms with E-state index in [-0.39, 0.29) is 11.0 Å². The van der Waals surface area contributed by atoms with Crippen LogP contribution in [0.5, 0.6) is 5.88 Å². The van der Waals surface area contributed by atoms with E-state index in [1.807, 2.05) is 0 Å². The van der Waals surface area contributed by atoms with Gasteiger partial charge in [-0.25, -0.2) is 19.7 Å². The first-order chi connectivity index (χ1) is 11.6. The number of thiazole rings is 1. The van der Waals surface area contributed by atoms with Crippen molar-refractivity contribution in [2.24, 2.45) is 0 Å². The van der Waals surface area contributed by atoms with Gasteiger partial charge in [-0.15, -0.1) is 0 Å². The number of rotatable bonds is 4. The number of nitrogens with one attached hydrogen (secondary N) is 2. The Morgan fingerprint density at radius 1 is 1.29 bits per heavy atom.